The van der Waals surface area contributed by atoms with Crippen molar-refractivity contribution in [3.05, 3.63) is 80.3 Å². The summed E-state index contributed by atoms with van der Waals surface area (Å²) in [6, 6.07) is 13.4. The Bertz CT molecular complexity index is 1600. The summed E-state index contributed by atoms with van der Waals surface area (Å²) in [7, 11) is 2.19. The molecule has 3 aliphatic rings. The van der Waals surface area contributed by atoms with E-state index < -0.39 is 0 Å². The van der Waals surface area contributed by atoms with Crippen LogP contribution in [0.2, 0.25) is 0 Å². The number of aryl methyl sites for hydroxylation is 2. The summed E-state index contributed by atoms with van der Waals surface area (Å²) >= 11 is 0. The number of anilines is 2. The normalized spacial score (nSPS) is 18.0. The molecule has 1 spiro atoms. The molecule has 3 aromatic rings. The quantitative estimate of drug-likeness (QED) is 0.379. The Morgan fingerprint density at radius 3 is 2.45 bits per heavy atom. The first kappa shape index (κ1) is 30.4. The lowest BCUT2D eigenvalue weighted by Gasteiger charge is -2.37. The topological polar surface area (TPSA) is 86.9 Å². The molecule has 2 N–H and O–H groups in total. The van der Waals surface area contributed by atoms with Gasteiger partial charge in [0.05, 0.1) is 0 Å². The number of nitrogens with one attached hydrogen (secondary N) is 2. The van der Waals surface area contributed by atoms with E-state index in [1.807, 2.05) is 32.9 Å². The number of aromatic nitrogens is 1. The van der Waals surface area contributed by atoms with E-state index in [0.29, 0.717) is 17.2 Å². The number of carbonyl (C=O) groups excluding carboxylic acids is 1. The van der Waals surface area contributed by atoms with Gasteiger partial charge in [-0.05, 0) is 105 Å². The largest absolute Gasteiger partial charge is 0.381 e. The zero-order chi connectivity index (χ0) is 31.0. The molecule has 0 saturated carbocycles. The number of likely N-dealkylation sites (N-methyl/N-ethyl adjacent to an activating group) is 1. The molecule has 0 aliphatic carbocycles. The highest BCUT2D eigenvalue weighted by molar-refractivity contribution is 5.99. The lowest BCUT2D eigenvalue weighted by molar-refractivity contribution is 0.0556. The van der Waals surface area contributed by atoms with Crippen LogP contribution in [0.4, 0.5) is 11.4 Å². The number of amides is 1. The van der Waals surface area contributed by atoms with Crippen LogP contribution in [0.15, 0.2) is 41.2 Å². The minimum Gasteiger partial charge on any atom is -0.381 e. The van der Waals surface area contributed by atoms with Crippen LogP contribution in [-0.4, -0.2) is 63.5 Å². The molecule has 0 atom stereocenters. The van der Waals surface area contributed by atoms with Crippen molar-refractivity contribution in [2.75, 3.05) is 56.4 Å². The van der Waals surface area contributed by atoms with E-state index in [0.717, 1.165) is 98.8 Å². The fourth-order valence-corrected chi connectivity index (χ4v) is 7.68. The monoisotopic (exact) mass is 598 g/mol. The molecule has 8 nitrogen and oxygen atoms in total. The molecule has 8 heteroatoms. The molecule has 0 radical (unpaired) electrons. The van der Waals surface area contributed by atoms with Crippen LogP contribution in [0.5, 0.6) is 0 Å². The maximum atomic E-state index is 13.9. The van der Waals surface area contributed by atoms with Gasteiger partial charge >= 0.3 is 0 Å². The Balaban J connectivity index is 1.40. The van der Waals surface area contributed by atoms with Gasteiger partial charge in [-0.25, -0.2) is 0 Å². The van der Waals surface area contributed by atoms with Crippen molar-refractivity contribution in [2.45, 2.75) is 71.4 Å². The van der Waals surface area contributed by atoms with Gasteiger partial charge in [0.25, 0.3) is 11.5 Å². The Hall–Kier alpha value is -3.62. The average Bonchev–Trinajstić information content (AvgIpc) is 3.28. The lowest BCUT2D eigenvalue weighted by atomic mass is 9.75. The standard InChI is InChI=1S/C36H46N4O4/c1-6-40(28-9-13-43-14-10-28)32-20-27(26-7-8-31-33(19-26)39(5)22-36(31)11-15-44-16-12-36)18-29(25(32)4)34(41)37-21-30-23(2)17-24(3)38-35(30)42/h7-8,17-20,28H,6,9-16,21-22H2,1-5H3,(H,37,41)(H,38,42). The number of nitrogens with zero attached hydrogens (tertiary/aromatic N) is 2. The molecule has 6 rings (SSSR count). The first-order valence-corrected chi connectivity index (χ1v) is 16.1. The molecule has 2 saturated heterocycles. The molecule has 2 fully saturated rings. The van der Waals surface area contributed by atoms with Gasteiger partial charge in [-0.15, -0.1) is 0 Å². The van der Waals surface area contributed by atoms with Crippen LogP contribution in [0, 0.1) is 20.8 Å². The van der Waals surface area contributed by atoms with Crippen LogP contribution in [0.3, 0.4) is 0 Å². The van der Waals surface area contributed by atoms with Crippen LogP contribution >= 0.6 is 0 Å². The van der Waals surface area contributed by atoms with Gasteiger partial charge in [0.2, 0.25) is 0 Å². The zero-order valence-corrected chi connectivity index (χ0v) is 26.8. The van der Waals surface area contributed by atoms with Gasteiger partial charge in [0.1, 0.15) is 0 Å². The van der Waals surface area contributed by atoms with Crippen LogP contribution in [0.25, 0.3) is 11.1 Å². The number of aromatic amines is 1. The molecule has 4 heterocycles. The summed E-state index contributed by atoms with van der Waals surface area (Å²) in [6.07, 6.45) is 4.01. The first-order valence-electron chi connectivity index (χ1n) is 16.1. The van der Waals surface area contributed by atoms with E-state index >= 15 is 0 Å². The van der Waals surface area contributed by atoms with Gasteiger partial charge in [0.15, 0.2) is 0 Å². The fraction of sp³-hybridized carbons (Fsp3) is 0.500. The third-order valence-corrected chi connectivity index (χ3v) is 10.1. The van der Waals surface area contributed by atoms with Crippen molar-refractivity contribution < 1.29 is 14.3 Å². The van der Waals surface area contributed by atoms with Gasteiger partial charge in [0, 0.05) is 92.8 Å². The Kier molecular flexibility index (Phi) is 8.57. The number of ether oxygens (including phenoxy) is 2. The van der Waals surface area contributed by atoms with E-state index in [9.17, 15) is 9.59 Å². The molecular weight excluding hydrogens is 552 g/mol. The van der Waals surface area contributed by atoms with Gasteiger partial charge < -0.3 is 29.6 Å². The first-order chi connectivity index (χ1) is 21.2. The highest BCUT2D eigenvalue weighted by Crippen LogP contribution is 2.47. The van der Waals surface area contributed by atoms with Crippen molar-refractivity contribution in [3.63, 3.8) is 0 Å². The average molecular weight is 599 g/mol. The molecular formula is C36H46N4O4. The molecule has 3 aliphatic heterocycles. The Labute approximate surface area is 260 Å². The number of benzene rings is 2. The second-order valence-electron chi connectivity index (χ2n) is 12.9. The second-order valence-corrected chi connectivity index (χ2v) is 12.9. The van der Waals surface area contributed by atoms with Gasteiger partial charge in [-0.1, -0.05) is 12.1 Å². The maximum Gasteiger partial charge on any atom is 0.253 e. The Morgan fingerprint density at radius 1 is 1.02 bits per heavy atom. The number of hydrogen-bond acceptors (Lipinski definition) is 6. The van der Waals surface area contributed by atoms with Crippen molar-refractivity contribution >= 4 is 17.3 Å². The Morgan fingerprint density at radius 2 is 1.75 bits per heavy atom. The highest BCUT2D eigenvalue weighted by Gasteiger charge is 2.42. The minimum absolute atomic E-state index is 0.151. The summed E-state index contributed by atoms with van der Waals surface area (Å²) in [5, 5.41) is 3.07. The summed E-state index contributed by atoms with van der Waals surface area (Å²) in [4.78, 5) is 34.3. The molecule has 234 valence electrons. The van der Waals surface area contributed by atoms with E-state index in [2.05, 4.69) is 58.3 Å². The third-order valence-electron chi connectivity index (χ3n) is 10.1. The highest BCUT2D eigenvalue weighted by atomic mass is 16.5. The third kappa shape index (κ3) is 5.66. The van der Waals surface area contributed by atoms with E-state index in [1.54, 1.807) is 0 Å². The number of hydrogen-bond donors (Lipinski definition) is 2. The van der Waals surface area contributed by atoms with Crippen molar-refractivity contribution in [1.29, 1.82) is 0 Å². The van der Waals surface area contributed by atoms with Crippen molar-refractivity contribution in [1.82, 2.24) is 10.3 Å². The van der Waals surface area contributed by atoms with Crippen molar-refractivity contribution in [2.24, 2.45) is 0 Å². The predicted molar refractivity (Wildman–Crippen MR) is 176 cm³/mol. The van der Waals surface area contributed by atoms with Crippen LogP contribution < -0.4 is 20.7 Å². The predicted octanol–water partition coefficient (Wildman–Crippen LogP) is 5.40. The second kappa shape index (κ2) is 12.4. The van der Waals surface area contributed by atoms with Crippen molar-refractivity contribution in [3.8, 4) is 11.1 Å². The molecule has 1 amide bonds. The maximum absolute atomic E-state index is 13.9. The van der Waals surface area contributed by atoms with Gasteiger partial charge in [-0.2, -0.15) is 0 Å². The van der Waals surface area contributed by atoms with Crippen LogP contribution in [0.1, 0.15) is 70.9 Å². The van der Waals surface area contributed by atoms with E-state index in [4.69, 9.17) is 9.47 Å². The summed E-state index contributed by atoms with van der Waals surface area (Å²) in [5.74, 6) is -0.174. The van der Waals surface area contributed by atoms with E-state index in [1.165, 1.54) is 11.3 Å². The number of rotatable bonds is 7. The summed E-state index contributed by atoms with van der Waals surface area (Å²) < 4.78 is 11.4. The molecule has 0 bridgehead atoms. The smallest absolute Gasteiger partial charge is 0.253 e. The van der Waals surface area contributed by atoms with Gasteiger partial charge in [-0.3, -0.25) is 9.59 Å². The lowest BCUT2D eigenvalue weighted by Crippen LogP contribution is -2.40. The SMILES string of the molecule is CCN(c1cc(-c2ccc3c(c2)N(C)CC32CCOCC2)cc(C(=O)NCc2c(C)cc(C)[nH]c2=O)c1C)C1CCOCC1. The number of fused-ring (bicyclic) bond motifs is 2. The zero-order valence-electron chi connectivity index (χ0n) is 26.8. The number of pyridine rings is 1. The molecule has 0 unspecified atom stereocenters. The molecule has 2 aromatic carbocycles. The minimum atomic E-state index is -0.174. The van der Waals surface area contributed by atoms with E-state index in [-0.39, 0.29) is 23.4 Å². The number of carbonyl (C=O) groups is 1. The molecule has 44 heavy (non-hydrogen) atoms. The fourth-order valence-electron chi connectivity index (χ4n) is 7.68. The number of H-pyrrole nitrogens is 1. The van der Waals surface area contributed by atoms with Crippen LogP contribution in [-0.2, 0) is 21.4 Å². The summed E-state index contributed by atoms with van der Waals surface area (Å²) in [5.41, 5.74) is 9.74. The molecule has 1 aromatic heterocycles. The summed E-state index contributed by atoms with van der Waals surface area (Å²) in [6.45, 7) is 13.1.